The Balaban J connectivity index is 1.58. The summed E-state index contributed by atoms with van der Waals surface area (Å²) in [6.07, 6.45) is 5.27. The molecule has 0 fully saturated rings. The van der Waals surface area contributed by atoms with Gasteiger partial charge in [-0.25, -0.2) is 0 Å². The first-order valence-electron chi connectivity index (χ1n) is 7.50. The molecule has 0 spiro atoms. The van der Waals surface area contributed by atoms with E-state index in [2.05, 4.69) is 25.7 Å². The molecule has 3 aromatic rings. The van der Waals surface area contributed by atoms with Crippen LogP contribution in [0.25, 0.3) is 17.0 Å². The zero-order valence-corrected chi connectivity index (χ0v) is 13.9. The summed E-state index contributed by atoms with van der Waals surface area (Å²) in [5, 5.41) is 22.5. The molecule has 0 aliphatic carbocycles. The van der Waals surface area contributed by atoms with Gasteiger partial charge < -0.3 is 10.1 Å². The van der Waals surface area contributed by atoms with Crippen molar-refractivity contribution in [3.05, 3.63) is 66.2 Å². The minimum Gasteiger partial charge on any atom is -0.493 e. The number of aromatic hydroxyl groups is 1. The minimum atomic E-state index is -0.0537. The number of aromatic amines is 1. The van der Waals surface area contributed by atoms with Crippen molar-refractivity contribution >= 4 is 46.2 Å². The fourth-order valence-electron chi connectivity index (χ4n) is 2.19. The smallest absolute Gasteiger partial charge is 0.234 e. The van der Waals surface area contributed by atoms with Crippen LogP contribution in [0, 0.1) is 0 Å². The number of nitrogens with zero attached hydrogens (tertiary/aromatic N) is 3. The first-order valence-corrected chi connectivity index (χ1v) is 7.91. The number of rotatable bonds is 4. The molecule has 2 aromatic carbocycles. The van der Waals surface area contributed by atoms with Crippen LogP contribution >= 0.6 is 12.2 Å². The first-order chi connectivity index (χ1) is 12.2. The van der Waals surface area contributed by atoms with Crippen molar-refractivity contribution in [1.82, 2.24) is 10.4 Å². The standard InChI is InChI=1S/C18H15N5OS/c24-17-16(14-10-4-5-11-15(14)20-17)21-23-18(25)22-19-12-6-9-13-7-2-1-3-8-13/h1-12,20,24H,(H,22,25)/b9-6+,19-12-,23-21?. The van der Waals surface area contributed by atoms with E-state index in [1.807, 2.05) is 60.7 Å². The SMILES string of the molecule is Oc1[nH]c2ccccc2c1N=NC(=S)N/N=C\C=C\c1ccccc1. The fraction of sp³-hybridized carbons (Fsp3) is 0. The molecule has 0 bridgehead atoms. The molecule has 0 amide bonds. The second kappa shape index (κ2) is 7.98. The fourth-order valence-corrected chi connectivity index (χ4v) is 2.28. The summed E-state index contributed by atoms with van der Waals surface area (Å²) in [4.78, 5) is 2.83. The molecule has 0 atom stereocenters. The van der Waals surface area contributed by atoms with Crippen molar-refractivity contribution in [3.8, 4) is 5.88 Å². The van der Waals surface area contributed by atoms with Crippen LogP contribution in [0.4, 0.5) is 5.69 Å². The number of fused-ring (bicyclic) bond motifs is 1. The van der Waals surface area contributed by atoms with Crippen molar-refractivity contribution < 1.29 is 5.11 Å². The molecule has 0 aliphatic rings. The second-order valence-electron chi connectivity index (χ2n) is 5.03. The summed E-state index contributed by atoms with van der Waals surface area (Å²) in [5.74, 6) is -0.0537. The Morgan fingerprint density at radius 1 is 1.08 bits per heavy atom. The second-order valence-corrected chi connectivity index (χ2v) is 5.42. The lowest BCUT2D eigenvalue weighted by Gasteiger charge is -1.94. The highest BCUT2D eigenvalue weighted by Crippen LogP contribution is 2.35. The zero-order valence-electron chi connectivity index (χ0n) is 13.1. The number of benzene rings is 2. The average Bonchev–Trinajstić information content (AvgIpc) is 2.95. The van der Waals surface area contributed by atoms with E-state index in [1.165, 1.54) is 0 Å². The first kappa shape index (κ1) is 16.5. The van der Waals surface area contributed by atoms with Crippen molar-refractivity contribution in [2.75, 3.05) is 0 Å². The van der Waals surface area contributed by atoms with E-state index in [0.29, 0.717) is 5.69 Å². The average molecular weight is 349 g/mol. The molecule has 3 rings (SSSR count). The number of aromatic nitrogens is 1. The lowest BCUT2D eigenvalue weighted by atomic mass is 10.2. The Bertz CT molecular complexity index is 960. The predicted octanol–water partition coefficient (Wildman–Crippen LogP) is 4.53. The van der Waals surface area contributed by atoms with Gasteiger partial charge in [-0.1, -0.05) is 54.6 Å². The van der Waals surface area contributed by atoms with E-state index in [1.54, 1.807) is 12.3 Å². The lowest BCUT2D eigenvalue weighted by molar-refractivity contribution is 0.459. The normalized spacial score (nSPS) is 11.8. The Morgan fingerprint density at radius 3 is 2.68 bits per heavy atom. The molecule has 0 aliphatic heterocycles. The highest BCUT2D eigenvalue weighted by Gasteiger charge is 2.09. The topological polar surface area (TPSA) is 85.1 Å². The zero-order chi connectivity index (χ0) is 17.5. The highest BCUT2D eigenvalue weighted by molar-refractivity contribution is 7.80. The maximum atomic E-state index is 9.89. The number of hydrogen-bond acceptors (Lipinski definition) is 4. The quantitative estimate of drug-likeness (QED) is 0.280. The molecule has 25 heavy (non-hydrogen) atoms. The number of thiocarbonyl (C=S) groups is 1. The van der Waals surface area contributed by atoms with Gasteiger partial charge in [0.15, 0.2) is 5.69 Å². The van der Waals surface area contributed by atoms with Crippen LogP contribution in [-0.4, -0.2) is 21.4 Å². The van der Waals surface area contributed by atoms with Crippen LogP contribution in [0.15, 0.2) is 76.0 Å². The summed E-state index contributed by atoms with van der Waals surface area (Å²) in [5.41, 5.74) is 4.79. The number of azo groups is 1. The van der Waals surface area contributed by atoms with Gasteiger partial charge in [-0.2, -0.15) is 5.10 Å². The molecule has 6 nitrogen and oxygen atoms in total. The Labute approximate surface area is 149 Å². The lowest BCUT2D eigenvalue weighted by Crippen LogP contribution is -2.10. The summed E-state index contributed by atoms with van der Waals surface area (Å²) >= 11 is 5.03. The maximum absolute atomic E-state index is 9.89. The summed E-state index contributed by atoms with van der Waals surface area (Å²) in [7, 11) is 0. The van der Waals surface area contributed by atoms with Gasteiger partial charge in [-0.15, -0.1) is 10.2 Å². The monoisotopic (exact) mass is 349 g/mol. The number of hydrogen-bond donors (Lipinski definition) is 3. The van der Waals surface area contributed by atoms with Crippen molar-refractivity contribution in [2.45, 2.75) is 0 Å². The predicted molar refractivity (Wildman–Crippen MR) is 104 cm³/mol. The largest absolute Gasteiger partial charge is 0.493 e. The van der Waals surface area contributed by atoms with Crippen LogP contribution in [0.5, 0.6) is 5.88 Å². The molecular weight excluding hydrogens is 334 g/mol. The highest BCUT2D eigenvalue weighted by atomic mass is 32.1. The third kappa shape index (κ3) is 4.36. The molecule has 3 N–H and O–H groups in total. The van der Waals surface area contributed by atoms with E-state index in [9.17, 15) is 5.11 Å². The summed E-state index contributed by atoms with van der Waals surface area (Å²) in [6, 6.07) is 17.3. The van der Waals surface area contributed by atoms with Gasteiger partial charge in [0.25, 0.3) is 0 Å². The van der Waals surface area contributed by atoms with Crippen LogP contribution in [0.3, 0.4) is 0 Å². The number of nitrogens with one attached hydrogen (secondary N) is 2. The van der Waals surface area contributed by atoms with Crippen molar-refractivity contribution in [3.63, 3.8) is 0 Å². The van der Waals surface area contributed by atoms with E-state index in [0.717, 1.165) is 16.5 Å². The molecule has 0 radical (unpaired) electrons. The van der Waals surface area contributed by atoms with Crippen LogP contribution in [0.2, 0.25) is 0 Å². The summed E-state index contributed by atoms with van der Waals surface area (Å²) in [6.45, 7) is 0. The molecular formula is C18H15N5OS. The molecule has 124 valence electrons. The van der Waals surface area contributed by atoms with Gasteiger partial charge in [-0.3, -0.25) is 5.43 Å². The number of allylic oxidation sites excluding steroid dienone is 1. The van der Waals surface area contributed by atoms with Crippen molar-refractivity contribution in [1.29, 1.82) is 0 Å². The Morgan fingerprint density at radius 2 is 1.84 bits per heavy atom. The third-order valence-corrected chi connectivity index (χ3v) is 3.48. The van der Waals surface area contributed by atoms with Crippen LogP contribution < -0.4 is 5.43 Å². The van der Waals surface area contributed by atoms with Crippen LogP contribution in [0.1, 0.15) is 5.56 Å². The van der Waals surface area contributed by atoms with Gasteiger partial charge in [0.05, 0.1) is 5.52 Å². The summed E-state index contributed by atoms with van der Waals surface area (Å²) < 4.78 is 0. The van der Waals surface area contributed by atoms with Gasteiger partial charge in [-0.05, 0) is 29.9 Å². The van der Waals surface area contributed by atoms with E-state index in [4.69, 9.17) is 12.2 Å². The Hall–Kier alpha value is -3.32. The molecule has 7 heteroatoms. The van der Waals surface area contributed by atoms with Crippen LogP contribution in [-0.2, 0) is 0 Å². The van der Waals surface area contributed by atoms with Gasteiger partial charge in [0.1, 0.15) is 0 Å². The molecule has 0 saturated heterocycles. The molecule has 0 unspecified atom stereocenters. The third-order valence-electron chi connectivity index (χ3n) is 3.31. The van der Waals surface area contributed by atoms with E-state index < -0.39 is 0 Å². The molecule has 1 aromatic heterocycles. The van der Waals surface area contributed by atoms with Gasteiger partial charge in [0, 0.05) is 11.6 Å². The van der Waals surface area contributed by atoms with E-state index in [-0.39, 0.29) is 11.0 Å². The number of hydrazone groups is 1. The Kier molecular flexibility index (Phi) is 5.28. The van der Waals surface area contributed by atoms with E-state index >= 15 is 0 Å². The van der Waals surface area contributed by atoms with Gasteiger partial charge in [0.2, 0.25) is 11.0 Å². The van der Waals surface area contributed by atoms with Crippen molar-refractivity contribution in [2.24, 2.45) is 15.3 Å². The number of para-hydroxylation sites is 1. The van der Waals surface area contributed by atoms with Gasteiger partial charge >= 0.3 is 0 Å². The molecule has 1 heterocycles. The minimum absolute atomic E-state index is 0.0537. The molecule has 0 saturated carbocycles. The maximum Gasteiger partial charge on any atom is 0.234 e. The number of H-pyrrole nitrogens is 1.